The number of carbonyl (C=O) groups is 1. The summed E-state index contributed by atoms with van der Waals surface area (Å²) in [5, 5.41) is 3.35. The van der Waals surface area contributed by atoms with Gasteiger partial charge in [-0.2, -0.15) is 0 Å². The van der Waals surface area contributed by atoms with Gasteiger partial charge in [0, 0.05) is 11.6 Å². The van der Waals surface area contributed by atoms with Gasteiger partial charge in [0.15, 0.2) is 0 Å². The maximum Gasteiger partial charge on any atom is 0.244 e. The second-order valence-corrected chi connectivity index (χ2v) is 8.40. The molecule has 0 fully saturated rings. The molecule has 0 aliphatic carbocycles. The Balaban J connectivity index is 2.27. The lowest BCUT2D eigenvalue weighted by atomic mass is 10.1. The molecule has 1 amide bonds. The zero-order valence-electron chi connectivity index (χ0n) is 15.1. The average molecular weight is 395 g/mol. The van der Waals surface area contributed by atoms with Crippen molar-refractivity contribution < 1.29 is 13.2 Å². The molecule has 140 valence electrons. The van der Waals surface area contributed by atoms with Gasteiger partial charge in [-0.1, -0.05) is 48.9 Å². The summed E-state index contributed by atoms with van der Waals surface area (Å²) < 4.78 is 26.0. The molecule has 0 bridgehead atoms. The molecule has 1 unspecified atom stereocenters. The molecular formula is C19H23ClN2O3S. The SMILES string of the molecule is CCC(C(=O)NCc1ccccc1Cl)N(c1cccc(C)c1)S(C)(=O)=O. The van der Waals surface area contributed by atoms with Gasteiger partial charge >= 0.3 is 0 Å². The molecule has 26 heavy (non-hydrogen) atoms. The second-order valence-electron chi connectivity index (χ2n) is 6.13. The Hall–Kier alpha value is -2.05. The first kappa shape index (κ1) is 20.3. The second kappa shape index (κ2) is 8.56. The summed E-state index contributed by atoms with van der Waals surface area (Å²) in [4.78, 5) is 12.7. The van der Waals surface area contributed by atoms with E-state index in [0.717, 1.165) is 17.4 Å². The van der Waals surface area contributed by atoms with Crippen molar-refractivity contribution in [1.29, 1.82) is 0 Å². The Morgan fingerprint density at radius 1 is 1.19 bits per heavy atom. The van der Waals surface area contributed by atoms with Crippen molar-refractivity contribution in [3.05, 3.63) is 64.7 Å². The van der Waals surface area contributed by atoms with Crippen molar-refractivity contribution in [1.82, 2.24) is 5.32 Å². The fourth-order valence-electron chi connectivity index (χ4n) is 2.77. The van der Waals surface area contributed by atoms with Crippen molar-refractivity contribution in [2.75, 3.05) is 10.6 Å². The summed E-state index contributed by atoms with van der Waals surface area (Å²) in [6.07, 6.45) is 1.45. The number of nitrogens with zero attached hydrogens (tertiary/aromatic N) is 1. The van der Waals surface area contributed by atoms with E-state index in [1.54, 1.807) is 31.2 Å². The molecule has 0 aliphatic rings. The number of hydrogen-bond acceptors (Lipinski definition) is 3. The number of aryl methyl sites for hydroxylation is 1. The van der Waals surface area contributed by atoms with Crippen molar-refractivity contribution >= 4 is 33.2 Å². The van der Waals surface area contributed by atoms with Crippen LogP contribution in [0.15, 0.2) is 48.5 Å². The van der Waals surface area contributed by atoms with Crippen LogP contribution in [0.25, 0.3) is 0 Å². The van der Waals surface area contributed by atoms with Crippen molar-refractivity contribution in [2.45, 2.75) is 32.9 Å². The number of nitrogens with one attached hydrogen (secondary N) is 1. The van der Waals surface area contributed by atoms with Gasteiger partial charge in [-0.15, -0.1) is 0 Å². The van der Waals surface area contributed by atoms with E-state index < -0.39 is 16.1 Å². The topological polar surface area (TPSA) is 66.5 Å². The molecule has 1 atom stereocenters. The zero-order chi connectivity index (χ0) is 19.3. The average Bonchev–Trinajstić information content (AvgIpc) is 2.57. The number of benzene rings is 2. The third kappa shape index (κ3) is 4.99. The Kier molecular flexibility index (Phi) is 6.67. The van der Waals surface area contributed by atoms with Gasteiger partial charge in [-0.3, -0.25) is 9.10 Å². The van der Waals surface area contributed by atoms with Crippen LogP contribution < -0.4 is 9.62 Å². The fraction of sp³-hybridized carbons (Fsp3) is 0.316. The van der Waals surface area contributed by atoms with Crippen molar-refractivity contribution in [3.8, 4) is 0 Å². The molecule has 0 spiro atoms. The Morgan fingerprint density at radius 3 is 2.46 bits per heavy atom. The van der Waals surface area contributed by atoms with Crippen LogP contribution in [0.5, 0.6) is 0 Å². The van der Waals surface area contributed by atoms with Crippen molar-refractivity contribution in [3.63, 3.8) is 0 Å². The zero-order valence-corrected chi connectivity index (χ0v) is 16.6. The maximum absolute atomic E-state index is 12.7. The maximum atomic E-state index is 12.7. The highest BCUT2D eigenvalue weighted by atomic mass is 35.5. The molecule has 0 saturated carbocycles. The summed E-state index contributed by atoms with van der Waals surface area (Å²) in [5.41, 5.74) is 2.17. The number of halogens is 1. The number of anilines is 1. The largest absolute Gasteiger partial charge is 0.350 e. The van der Waals surface area contributed by atoms with E-state index in [1.165, 1.54) is 4.31 Å². The highest BCUT2D eigenvalue weighted by molar-refractivity contribution is 7.92. The number of carbonyl (C=O) groups excluding carboxylic acids is 1. The van der Waals surface area contributed by atoms with E-state index in [-0.39, 0.29) is 12.5 Å². The molecule has 1 N–H and O–H groups in total. The smallest absolute Gasteiger partial charge is 0.244 e. The van der Waals surface area contributed by atoms with Crippen LogP contribution in [0.3, 0.4) is 0 Å². The van der Waals surface area contributed by atoms with Gasteiger partial charge < -0.3 is 5.32 Å². The molecule has 2 aromatic carbocycles. The first-order valence-corrected chi connectivity index (χ1v) is 10.5. The van der Waals surface area contributed by atoms with Crippen LogP contribution in [0, 0.1) is 6.92 Å². The predicted octanol–water partition coefficient (Wildman–Crippen LogP) is 3.51. The van der Waals surface area contributed by atoms with Gasteiger partial charge in [-0.05, 0) is 42.7 Å². The summed E-state index contributed by atoms with van der Waals surface area (Å²) in [6, 6.07) is 13.5. The Morgan fingerprint density at radius 2 is 1.88 bits per heavy atom. The van der Waals surface area contributed by atoms with Crippen LogP contribution in [0.2, 0.25) is 5.02 Å². The number of amides is 1. The molecular weight excluding hydrogens is 372 g/mol. The lowest BCUT2D eigenvalue weighted by molar-refractivity contribution is -0.122. The summed E-state index contributed by atoms with van der Waals surface area (Å²) in [7, 11) is -3.64. The van der Waals surface area contributed by atoms with Gasteiger partial charge in [-0.25, -0.2) is 8.42 Å². The minimum Gasteiger partial charge on any atom is -0.350 e. The normalized spacial score (nSPS) is 12.5. The number of sulfonamides is 1. The highest BCUT2D eigenvalue weighted by Crippen LogP contribution is 2.23. The van der Waals surface area contributed by atoms with E-state index in [4.69, 9.17) is 11.6 Å². The van der Waals surface area contributed by atoms with Gasteiger partial charge in [0.05, 0.1) is 11.9 Å². The fourth-order valence-corrected chi connectivity index (χ4v) is 4.17. The van der Waals surface area contributed by atoms with Gasteiger partial charge in [0.1, 0.15) is 6.04 Å². The van der Waals surface area contributed by atoms with E-state index in [1.807, 2.05) is 31.2 Å². The van der Waals surface area contributed by atoms with E-state index >= 15 is 0 Å². The third-order valence-corrected chi connectivity index (χ3v) is 5.55. The van der Waals surface area contributed by atoms with Gasteiger partial charge in [0.2, 0.25) is 15.9 Å². The Bertz CT molecular complexity index is 884. The molecule has 0 aliphatic heterocycles. The van der Waals surface area contributed by atoms with Crippen LogP contribution in [0.4, 0.5) is 5.69 Å². The summed E-state index contributed by atoms with van der Waals surface area (Å²) in [6.45, 7) is 3.90. The van der Waals surface area contributed by atoms with Crippen LogP contribution in [0.1, 0.15) is 24.5 Å². The molecule has 2 rings (SSSR count). The monoisotopic (exact) mass is 394 g/mol. The Labute approximate surface area is 160 Å². The standard InChI is InChI=1S/C19H23ClN2O3S/c1-4-18(19(23)21-13-15-9-5-6-11-17(15)20)22(26(3,24)25)16-10-7-8-14(2)12-16/h5-12,18H,4,13H2,1-3H3,(H,21,23). The lowest BCUT2D eigenvalue weighted by Gasteiger charge is -2.30. The third-order valence-electron chi connectivity index (χ3n) is 4.00. The van der Waals surface area contributed by atoms with Crippen LogP contribution in [-0.2, 0) is 21.4 Å². The molecule has 2 aromatic rings. The molecule has 7 heteroatoms. The summed E-state index contributed by atoms with van der Waals surface area (Å²) >= 11 is 6.11. The minimum absolute atomic E-state index is 0.237. The molecule has 0 radical (unpaired) electrons. The highest BCUT2D eigenvalue weighted by Gasteiger charge is 2.31. The molecule has 0 aromatic heterocycles. The quantitative estimate of drug-likeness (QED) is 0.781. The van der Waals surface area contributed by atoms with Crippen LogP contribution >= 0.6 is 11.6 Å². The number of hydrogen-bond donors (Lipinski definition) is 1. The minimum atomic E-state index is -3.64. The predicted molar refractivity (Wildman–Crippen MR) is 106 cm³/mol. The number of rotatable bonds is 7. The van der Waals surface area contributed by atoms with Crippen molar-refractivity contribution in [2.24, 2.45) is 0 Å². The van der Waals surface area contributed by atoms with E-state index in [9.17, 15) is 13.2 Å². The summed E-state index contributed by atoms with van der Waals surface area (Å²) in [5.74, 6) is -0.362. The first-order valence-electron chi connectivity index (χ1n) is 8.31. The first-order chi connectivity index (χ1) is 12.2. The van der Waals surface area contributed by atoms with Crippen LogP contribution in [-0.4, -0.2) is 26.6 Å². The lowest BCUT2D eigenvalue weighted by Crippen LogP contribution is -2.49. The van der Waals surface area contributed by atoms with E-state index in [2.05, 4.69) is 5.32 Å². The molecule has 0 heterocycles. The van der Waals surface area contributed by atoms with Gasteiger partial charge in [0.25, 0.3) is 0 Å². The molecule has 5 nitrogen and oxygen atoms in total. The van der Waals surface area contributed by atoms with E-state index in [0.29, 0.717) is 17.1 Å². The molecule has 0 saturated heterocycles.